The van der Waals surface area contributed by atoms with Crippen LogP contribution in [0.3, 0.4) is 0 Å². The molecule has 2 aliphatic rings. The van der Waals surface area contributed by atoms with Crippen molar-refractivity contribution in [2.75, 3.05) is 0 Å². The molecule has 31 heavy (non-hydrogen) atoms. The molecule has 2 heterocycles. The van der Waals surface area contributed by atoms with Crippen LogP contribution >= 0.6 is 0 Å². The predicted molar refractivity (Wildman–Crippen MR) is 120 cm³/mol. The Hall–Kier alpha value is -3.15. The van der Waals surface area contributed by atoms with E-state index in [1.165, 1.54) is 10.5 Å². The van der Waals surface area contributed by atoms with Gasteiger partial charge in [-0.3, -0.25) is 19.8 Å². The molecular formula is C25H29N3O3. The third kappa shape index (κ3) is 3.94. The van der Waals surface area contributed by atoms with E-state index in [1.807, 2.05) is 19.9 Å². The van der Waals surface area contributed by atoms with Crippen LogP contribution in [0.4, 0.5) is 4.79 Å². The Morgan fingerprint density at radius 3 is 2.35 bits per heavy atom. The van der Waals surface area contributed by atoms with Crippen LogP contribution < -0.4 is 5.32 Å². The van der Waals surface area contributed by atoms with Gasteiger partial charge in [-0.15, -0.1) is 0 Å². The van der Waals surface area contributed by atoms with Gasteiger partial charge in [-0.05, 0) is 68.5 Å². The fraction of sp³-hybridized carbons (Fsp3) is 0.400. The first kappa shape index (κ1) is 21.1. The molecular weight excluding hydrogens is 390 g/mol. The van der Waals surface area contributed by atoms with Gasteiger partial charge in [0.05, 0.1) is 0 Å². The second-order valence-corrected chi connectivity index (χ2v) is 8.47. The summed E-state index contributed by atoms with van der Waals surface area (Å²) in [5, 5.41) is 2.36. The van der Waals surface area contributed by atoms with E-state index in [1.54, 1.807) is 6.08 Å². The minimum absolute atomic E-state index is 0.0201. The van der Waals surface area contributed by atoms with Crippen LogP contribution in [0, 0.1) is 13.8 Å². The molecule has 1 saturated heterocycles. The summed E-state index contributed by atoms with van der Waals surface area (Å²) in [6, 6.07) is 9.62. The quantitative estimate of drug-likeness (QED) is 0.588. The fourth-order valence-corrected chi connectivity index (χ4v) is 4.71. The number of hydrogen-bond donors (Lipinski definition) is 1. The topological polar surface area (TPSA) is 71.4 Å². The molecule has 2 fully saturated rings. The summed E-state index contributed by atoms with van der Waals surface area (Å²) >= 11 is 0. The van der Waals surface area contributed by atoms with Gasteiger partial charge in [-0.2, -0.15) is 0 Å². The van der Waals surface area contributed by atoms with E-state index in [-0.39, 0.29) is 11.6 Å². The highest BCUT2D eigenvalue weighted by molar-refractivity contribution is 6.31. The van der Waals surface area contributed by atoms with Gasteiger partial charge in [-0.1, -0.05) is 38.3 Å². The maximum Gasteiger partial charge on any atom is 0.331 e. The number of aromatic nitrogens is 1. The van der Waals surface area contributed by atoms with Crippen LogP contribution in [0.2, 0.25) is 0 Å². The SMILES string of the molecule is CCc1ccc(-n2c(C)cc(C=C3C(=O)NC(=O)N(C4CCCCC4)C3=O)c2C)cc1. The molecule has 0 radical (unpaired) electrons. The van der Waals surface area contributed by atoms with Crippen molar-refractivity contribution in [3.63, 3.8) is 0 Å². The van der Waals surface area contributed by atoms with Crippen molar-refractivity contribution in [3.05, 3.63) is 58.4 Å². The van der Waals surface area contributed by atoms with Crippen molar-refractivity contribution in [2.45, 2.75) is 65.3 Å². The molecule has 1 aromatic carbocycles. The largest absolute Gasteiger partial charge is 0.331 e. The van der Waals surface area contributed by atoms with Crippen molar-refractivity contribution in [1.82, 2.24) is 14.8 Å². The van der Waals surface area contributed by atoms with Crippen molar-refractivity contribution >= 4 is 23.9 Å². The number of hydrogen-bond acceptors (Lipinski definition) is 3. The fourth-order valence-electron chi connectivity index (χ4n) is 4.71. The Morgan fingerprint density at radius 1 is 1.03 bits per heavy atom. The summed E-state index contributed by atoms with van der Waals surface area (Å²) < 4.78 is 2.11. The van der Waals surface area contributed by atoms with Crippen LogP contribution in [-0.2, 0) is 16.0 Å². The van der Waals surface area contributed by atoms with Gasteiger partial charge in [0.2, 0.25) is 0 Å². The van der Waals surface area contributed by atoms with Crippen molar-refractivity contribution < 1.29 is 14.4 Å². The molecule has 4 rings (SSSR count). The number of imide groups is 2. The second-order valence-electron chi connectivity index (χ2n) is 8.47. The molecule has 0 unspecified atom stereocenters. The number of aryl methyl sites for hydroxylation is 2. The lowest BCUT2D eigenvalue weighted by molar-refractivity contribution is -0.132. The lowest BCUT2D eigenvalue weighted by Gasteiger charge is -2.35. The van der Waals surface area contributed by atoms with Gasteiger partial charge < -0.3 is 4.57 Å². The number of urea groups is 1. The Morgan fingerprint density at radius 2 is 1.71 bits per heavy atom. The third-order valence-corrected chi connectivity index (χ3v) is 6.45. The number of barbiturate groups is 1. The van der Waals surface area contributed by atoms with Crippen molar-refractivity contribution in [1.29, 1.82) is 0 Å². The van der Waals surface area contributed by atoms with E-state index in [2.05, 4.69) is 41.1 Å². The molecule has 1 aliphatic heterocycles. The highest BCUT2D eigenvalue weighted by Gasteiger charge is 2.40. The minimum atomic E-state index is -0.626. The van der Waals surface area contributed by atoms with Crippen LogP contribution in [0.5, 0.6) is 0 Å². The number of amides is 4. The van der Waals surface area contributed by atoms with E-state index in [4.69, 9.17) is 0 Å². The Kier molecular flexibility index (Phi) is 5.81. The summed E-state index contributed by atoms with van der Waals surface area (Å²) in [5.41, 5.74) is 5.08. The lowest BCUT2D eigenvalue weighted by Crippen LogP contribution is -2.58. The summed E-state index contributed by atoms with van der Waals surface area (Å²) in [7, 11) is 0. The molecule has 1 aliphatic carbocycles. The number of nitrogens with zero attached hydrogens (tertiary/aromatic N) is 2. The standard InChI is InChI=1S/C25H29N3O3/c1-4-18-10-12-21(13-11-18)27-16(2)14-19(17(27)3)15-22-23(29)26-25(31)28(24(22)30)20-8-6-5-7-9-20/h10-15,20H,4-9H2,1-3H3,(H,26,29,31). The molecule has 6 nitrogen and oxygen atoms in total. The van der Waals surface area contributed by atoms with E-state index >= 15 is 0 Å². The first-order valence-corrected chi connectivity index (χ1v) is 11.1. The average Bonchev–Trinajstić information content (AvgIpc) is 3.04. The monoisotopic (exact) mass is 419 g/mol. The molecule has 1 saturated carbocycles. The summed E-state index contributed by atoms with van der Waals surface area (Å²) in [4.78, 5) is 39.4. The van der Waals surface area contributed by atoms with Crippen molar-refractivity contribution in [3.8, 4) is 5.69 Å². The summed E-state index contributed by atoms with van der Waals surface area (Å²) in [6.45, 7) is 6.10. The molecule has 0 atom stereocenters. The Bertz CT molecular complexity index is 1060. The molecule has 4 amide bonds. The average molecular weight is 420 g/mol. The first-order valence-electron chi connectivity index (χ1n) is 11.1. The normalized spacial score (nSPS) is 19.3. The number of benzene rings is 1. The summed E-state index contributed by atoms with van der Waals surface area (Å²) in [6.07, 6.45) is 7.30. The number of rotatable bonds is 4. The zero-order valence-electron chi connectivity index (χ0n) is 18.4. The smallest absolute Gasteiger partial charge is 0.318 e. The van der Waals surface area contributed by atoms with E-state index in [0.717, 1.165) is 61.2 Å². The van der Waals surface area contributed by atoms with Crippen LogP contribution in [0.25, 0.3) is 11.8 Å². The second kappa shape index (κ2) is 8.53. The van der Waals surface area contributed by atoms with E-state index in [9.17, 15) is 14.4 Å². The van der Waals surface area contributed by atoms with Gasteiger partial charge in [0.25, 0.3) is 11.8 Å². The van der Waals surface area contributed by atoms with Gasteiger partial charge in [0.15, 0.2) is 0 Å². The highest BCUT2D eigenvalue weighted by Crippen LogP contribution is 2.28. The first-order chi connectivity index (χ1) is 14.9. The minimum Gasteiger partial charge on any atom is -0.318 e. The molecule has 1 N–H and O–H groups in total. The van der Waals surface area contributed by atoms with Gasteiger partial charge in [0, 0.05) is 23.1 Å². The number of carbonyl (C=O) groups excluding carboxylic acids is 3. The molecule has 6 heteroatoms. The number of nitrogens with one attached hydrogen (secondary N) is 1. The van der Waals surface area contributed by atoms with Gasteiger partial charge in [-0.25, -0.2) is 4.79 Å². The highest BCUT2D eigenvalue weighted by atomic mass is 16.2. The van der Waals surface area contributed by atoms with E-state index < -0.39 is 17.8 Å². The number of carbonyl (C=O) groups is 3. The molecule has 2 aromatic rings. The predicted octanol–water partition coefficient (Wildman–Crippen LogP) is 4.45. The van der Waals surface area contributed by atoms with Crippen LogP contribution in [0.15, 0.2) is 35.9 Å². The van der Waals surface area contributed by atoms with Crippen molar-refractivity contribution in [2.24, 2.45) is 0 Å². The molecule has 0 spiro atoms. The van der Waals surface area contributed by atoms with Crippen LogP contribution in [0.1, 0.15) is 61.5 Å². The molecule has 0 bridgehead atoms. The molecule has 162 valence electrons. The third-order valence-electron chi connectivity index (χ3n) is 6.45. The lowest BCUT2D eigenvalue weighted by atomic mass is 9.93. The van der Waals surface area contributed by atoms with E-state index in [0.29, 0.717) is 0 Å². The Labute approximate surface area is 182 Å². The zero-order valence-corrected chi connectivity index (χ0v) is 18.4. The van der Waals surface area contributed by atoms with Gasteiger partial charge in [0.1, 0.15) is 5.57 Å². The van der Waals surface area contributed by atoms with Gasteiger partial charge >= 0.3 is 6.03 Å². The maximum atomic E-state index is 13.2. The molecule has 1 aromatic heterocycles. The maximum absolute atomic E-state index is 13.2. The van der Waals surface area contributed by atoms with Crippen LogP contribution in [-0.4, -0.2) is 33.4 Å². The Balaban J connectivity index is 1.69. The zero-order chi connectivity index (χ0) is 22.1. The summed E-state index contributed by atoms with van der Waals surface area (Å²) in [5.74, 6) is -1.11.